The molecule has 6 heteroatoms. The van der Waals surface area contributed by atoms with Crippen LogP contribution < -0.4 is 0 Å². The standard InChI is InChI=1S/C13H21NO5/c1-11(2,3)19-10(17)14-6-12(8-15)5-13(12,7-14)9(16)18-4/h15H,5-8H2,1-4H3/t12-,13+/m1/s1. The minimum atomic E-state index is -0.743. The highest BCUT2D eigenvalue weighted by Gasteiger charge is 2.77. The van der Waals surface area contributed by atoms with Crippen LogP contribution in [0.1, 0.15) is 27.2 Å². The van der Waals surface area contributed by atoms with Crippen molar-refractivity contribution in [1.29, 1.82) is 0 Å². The lowest BCUT2D eigenvalue weighted by Crippen LogP contribution is -2.38. The normalized spacial score (nSPS) is 32.8. The number of carbonyl (C=O) groups is 2. The smallest absolute Gasteiger partial charge is 0.410 e. The van der Waals surface area contributed by atoms with Crippen LogP contribution in [0.2, 0.25) is 0 Å². The van der Waals surface area contributed by atoms with Crippen LogP contribution in [0.3, 0.4) is 0 Å². The molecule has 6 nitrogen and oxygen atoms in total. The molecule has 0 spiro atoms. The Morgan fingerprint density at radius 1 is 1.32 bits per heavy atom. The second-order valence-corrected chi connectivity index (χ2v) is 6.53. The molecule has 0 radical (unpaired) electrons. The van der Waals surface area contributed by atoms with Gasteiger partial charge in [-0.15, -0.1) is 0 Å². The number of rotatable bonds is 2. The van der Waals surface area contributed by atoms with Crippen molar-refractivity contribution in [3.8, 4) is 0 Å². The third-order valence-electron chi connectivity index (χ3n) is 4.02. The number of aliphatic hydroxyl groups is 1. The molecule has 1 saturated heterocycles. The molecular formula is C13H21NO5. The van der Waals surface area contributed by atoms with E-state index in [-0.39, 0.29) is 19.1 Å². The molecule has 1 saturated carbocycles. The van der Waals surface area contributed by atoms with Gasteiger partial charge in [-0.2, -0.15) is 0 Å². The Morgan fingerprint density at radius 2 is 1.95 bits per heavy atom. The maximum atomic E-state index is 12.0. The molecule has 0 aromatic heterocycles. The number of likely N-dealkylation sites (tertiary alicyclic amines) is 1. The van der Waals surface area contributed by atoms with Crippen molar-refractivity contribution in [2.45, 2.75) is 32.8 Å². The highest BCUT2D eigenvalue weighted by Crippen LogP contribution is 2.68. The van der Waals surface area contributed by atoms with E-state index < -0.39 is 22.5 Å². The maximum absolute atomic E-state index is 12.0. The molecule has 19 heavy (non-hydrogen) atoms. The van der Waals surface area contributed by atoms with Crippen LogP contribution in [0.5, 0.6) is 0 Å². The summed E-state index contributed by atoms with van der Waals surface area (Å²) in [5.74, 6) is -0.354. The van der Waals surface area contributed by atoms with E-state index in [0.29, 0.717) is 13.0 Å². The topological polar surface area (TPSA) is 76.1 Å². The van der Waals surface area contributed by atoms with Gasteiger partial charge in [-0.05, 0) is 27.2 Å². The van der Waals surface area contributed by atoms with E-state index in [4.69, 9.17) is 9.47 Å². The van der Waals surface area contributed by atoms with E-state index in [2.05, 4.69) is 0 Å². The second-order valence-electron chi connectivity index (χ2n) is 6.53. The number of fused-ring (bicyclic) bond motifs is 1. The van der Waals surface area contributed by atoms with Crippen molar-refractivity contribution >= 4 is 12.1 Å². The molecule has 1 aliphatic carbocycles. The van der Waals surface area contributed by atoms with Crippen molar-refractivity contribution in [2.75, 3.05) is 26.8 Å². The van der Waals surface area contributed by atoms with Gasteiger partial charge in [0.05, 0.1) is 19.1 Å². The molecule has 0 unspecified atom stereocenters. The summed E-state index contributed by atoms with van der Waals surface area (Å²) < 4.78 is 10.1. The highest BCUT2D eigenvalue weighted by molar-refractivity contribution is 5.85. The van der Waals surface area contributed by atoms with Gasteiger partial charge in [0.2, 0.25) is 0 Å². The van der Waals surface area contributed by atoms with E-state index >= 15 is 0 Å². The van der Waals surface area contributed by atoms with Crippen LogP contribution in [0.15, 0.2) is 0 Å². The van der Waals surface area contributed by atoms with E-state index in [1.54, 1.807) is 20.8 Å². The molecule has 108 valence electrons. The third kappa shape index (κ3) is 2.08. The zero-order chi connectivity index (χ0) is 14.5. The predicted molar refractivity (Wildman–Crippen MR) is 66.4 cm³/mol. The Balaban J connectivity index is 2.10. The number of ether oxygens (including phenoxy) is 2. The van der Waals surface area contributed by atoms with Crippen LogP contribution in [-0.2, 0) is 14.3 Å². The molecule has 2 fully saturated rings. The first-order valence-corrected chi connectivity index (χ1v) is 6.37. The summed E-state index contributed by atoms with van der Waals surface area (Å²) in [5.41, 5.74) is -1.86. The number of piperidine rings is 1. The summed E-state index contributed by atoms with van der Waals surface area (Å²) in [4.78, 5) is 25.4. The molecule has 0 aromatic rings. The number of hydrogen-bond donors (Lipinski definition) is 1. The Morgan fingerprint density at radius 3 is 2.42 bits per heavy atom. The molecule has 1 aliphatic heterocycles. The van der Waals surface area contributed by atoms with Gasteiger partial charge in [-0.3, -0.25) is 4.79 Å². The van der Waals surface area contributed by atoms with Crippen LogP contribution in [-0.4, -0.2) is 54.5 Å². The van der Waals surface area contributed by atoms with Crippen molar-refractivity contribution in [3.05, 3.63) is 0 Å². The summed E-state index contributed by atoms with van der Waals surface area (Å²) in [6.07, 6.45) is 0.124. The van der Waals surface area contributed by atoms with Crippen LogP contribution in [0.25, 0.3) is 0 Å². The van der Waals surface area contributed by atoms with Gasteiger partial charge in [-0.25, -0.2) is 4.79 Å². The maximum Gasteiger partial charge on any atom is 0.410 e. The second kappa shape index (κ2) is 4.10. The lowest BCUT2D eigenvalue weighted by molar-refractivity contribution is -0.148. The van der Waals surface area contributed by atoms with Gasteiger partial charge in [0.15, 0.2) is 0 Å². The molecule has 0 bridgehead atoms. The number of carbonyl (C=O) groups excluding carboxylic acids is 2. The average Bonchev–Trinajstić information content (AvgIpc) is 2.84. The average molecular weight is 271 g/mol. The number of methoxy groups -OCH3 is 1. The first kappa shape index (κ1) is 14.1. The SMILES string of the molecule is COC(=O)[C@]12CN(C(=O)OC(C)(C)C)C[C@@]1(CO)C2. The largest absolute Gasteiger partial charge is 0.469 e. The van der Waals surface area contributed by atoms with E-state index in [1.807, 2.05) is 0 Å². The van der Waals surface area contributed by atoms with Crippen LogP contribution >= 0.6 is 0 Å². The third-order valence-corrected chi connectivity index (χ3v) is 4.02. The molecule has 1 heterocycles. The predicted octanol–water partition coefficient (Wildman–Crippen LogP) is 0.779. The van der Waals surface area contributed by atoms with Gasteiger partial charge in [0.1, 0.15) is 5.60 Å². The van der Waals surface area contributed by atoms with Crippen molar-refractivity contribution < 1.29 is 24.2 Å². The Kier molecular flexibility index (Phi) is 3.04. The molecular weight excluding hydrogens is 250 g/mol. The number of hydrogen-bond acceptors (Lipinski definition) is 5. The Labute approximate surface area is 112 Å². The van der Waals surface area contributed by atoms with Gasteiger partial charge in [-0.1, -0.05) is 0 Å². The fourth-order valence-corrected chi connectivity index (χ4v) is 2.97. The molecule has 0 aromatic carbocycles. The molecule has 2 rings (SSSR count). The van der Waals surface area contributed by atoms with Crippen LogP contribution in [0.4, 0.5) is 4.79 Å². The lowest BCUT2D eigenvalue weighted by Gasteiger charge is -2.26. The summed E-state index contributed by atoms with van der Waals surface area (Å²) in [7, 11) is 1.33. The van der Waals surface area contributed by atoms with Gasteiger partial charge in [0, 0.05) is 18.5 Å². The quantitative estimate of drug-likeness (QED) is 0.751. The fraction of sp³-hybridized carbons (Fsp3) is 0.846. The molecule has 1 amide bonds. The van der Waals surface area contributed by atoms with Crippen molar-refractivity contribution in [3.63, 3.8) is 0 Å². The minimum Gasteiger partial charge on any atom is -0.469 e. The van der Waals surface area contributed by atoms with Gasteiger partial charge in [0.25, 0.3) is 0 Å². The summed E-state index contributed by atoms with van der Waals surface area (Å²) in [6.45, 7) is 5.85. The first-order valence-electron chi connectivity index (χ1n) is 6.37. The van der Waals surface area contributed by atoms with Crippen LogP contribution in [0, 0.1) is 10.8 Å². The zero-order valence-electron chi connectivity index (χ0n) is 11.9. The van der Waals surface area contributed by atoms with E-state index in [9.17, 15) is 14.7 Å². The number of esters is 1. The minimum absolute atomic E-state index is 0.124. The number of aliphatic hydroxyl groups excluding tert-OH is 1. The molecule has 1 N–H and O–H groups in total. The number of amides is 1. The summed E-state index contributed by atoms with van der Waals surface area (Å²) in [5, 5.41) is 9.52. The Bertz CT molecular complexity index is 416. The lowest BCUT2D eigenvalue weighted by atomic mass is 9.97. The fourth-order valence-electron chi connectivity index (χ4n) is 2.97. The first-order chi connectivity index (χ1) is 8.70. The number of nitrogens with zero attached hydrogens (tertiary/aromatic N) is 1. The van der Waals surface area contributed by atoms with Crippen molar-refractivity contribution in [1.82, 2.24) is 4.90 Å². The van der Waals surface area contributed by atoms with E-state index in [1.165, 1.54) is 12.0 Å². The Hall–Kier alpha value is -1.30. The monoisotopic (exact) mass is 271 g/mol. The highest BCUT2D eigenvalue weighted by atomic mass is 16.6. The van der Waals surface area contributed by atoms with E-state index in [0.717, 1.165) is 0 Å². The molecule has 2 aliphatic rings. The van der Waals surface area contributed by atoms with Crippen molar-refractivity contribution in [2.24, 2.45) is 10.8 Å². The summed E-state index contributed by atoms with van der Waals surface area (Å²) in [6, 6.07) is 0. The molecule has 2 atom stereocenters. The van der Waals surface area contributed by atoms with Gasteiger partial charge >= 0.3 is 12.1 Å². The summed E-state index contributed by atoms with van der Waals surface area (Å²) >= 11 is 0. The van der Waals surface area contributed by atoms with Gasteiger partial charge < -0.3 is 19.5 Å². The zero-order valence-corrected chi connectivity index (χ0v) is 11.9.